The molecule has 0 atom stereocenters. The average molecular weight is 355 g/mol. The van der Waals surface area contributed by atoms with Crippen molar-refractivity contribution in [2.45, 2.75) is 39.7 Å². The second-order valence-corrected chi connectivity index (χ2v) is 7.40. The van der Waals surface area contributed by atoms with Crippen LogP contribution in [0, 0.1) is 5.92 Å². The van der Waals surface area contributed by atoms with Crippen LogP contribution in [0.5, 0.6) is 0 Å². The van der Waals surface area contributed by atoms with Gasteiger partial charge in [0.25, 0.3) is 0 Å². The lowest BCUT2D eigenvalue weighted by Crippen LogP contribution is -2.38. The summed E-state index contributed by atoms with van der Waals surface area (Å²) in [5.74, 6) is 0.784. The Morgan fingerprint density at radius 3 is 1.96 bits per heavy atom. The van der Waals surface area contributed by atoms with E-state index in [2.05, 4.69) is 97.3 Å². The van der Waals surface area contributed by atoms with Crippen LogP contribution in [-0.2, 0) is 6.54 Å². The molecule has 0 aliphatic rings. The van der Waals surface area contributed by atoms with Crippen molar-refractivity contribution in [1.29, 1.82) is 0 Å². The highest BCUT2D eigenvalue weighted by atomic mass is 15.0. The minimum atomic E-state index is 0.784. The van der Waals surface area contributed by atoms with Crippen LogP contribution in [0.3, 0.4) is 0 Å². The second kappa shape index (κ2) is 7.92. The van der Waals surface area contributed by atoms with Crippen molar-refractivity contribution >= 4 is 21.7 Å². The normalized spacial score (nSPS) is 11.5. The molecule has 0 spiro atoms. The van der Waals surface area contributed by atoms with Gasteiger partial charge in [0.05, 0.1) is 10.8 Å². The van der Waals surface area contributed by atoms with Crippen molar-refractivity contribution in [2.75, 3.05) is 0 Å². The van der Waals surface area contributed by atoms with E-state index in [-0.39, 0.29) is 0 Å². The monoisotopic (exact) mass is 354 g/mol. The van der Waals surface area contributed by atoms with Crippen molar-refractivity contribution in [3.8, 4) is 11.3 Å². The zero-order valence-electron chi connectivity index (χ0n) is 16.4. The van der Waals surface area contributed by atoms with Gasteiger partial charge in [-0.05, 0) is 30.2 Å². The Balaban J connectivity index is 2.02. The molecule has 4 aromatic rings. The van der Waals surface area contributed by atoms with E-state index in [1.165, 1.54) is 52.2 Å². The highest BCUT2D eigenvalue weighted by Crippen LogP contribution is 2.31. The summed E-state index contributed by atoms with van der Waals surface area (Å²) >= 11 is 0. The largest absolute Gasteiger partial charge is 0.220 e. The number of nitrogens with zero attached hydrogens (tertiary/aromatic N) is 1. The summed E-state index contributed by atoms with van der Waals surface area (Å²) in [6.45, 7) is 5.69. The van der Waals surface area contributed by atoms with E-state index in [1.54, 1.807) is 0 Å². The molecule has 0 saturated heterocycles. The van der Waals surface area contributed by atoms with Crippen LogP contribution in [0.25, 0.3) is 32.9 Å². The summed E-state index contributed by atoms with van der Waals surface area (Å²) in [7, 11) is 0. The summed E-state index contributed by atoms with van der Waals surface area (Å²) < 4.78 is 2.56. The third-order valence-corrected chi connectivity index (χ3v) is 5.90. The molecule has 27 heavy (non-hydrogen) atoms. The molecular formula is C26H28N+. The molecule has 0 amide bonds. The third kappa shape index (κ3) is 3.35. The van der Waals surface area contributed by atoms with Gasteiger partial charge in [0, 0.05) is 23.4 Å². The predicted octanol–water partition coefficient (Wildman–Crippen LogP) is 6.77. The Labute approximate surface area is 162 Å². The first-order valence-electron chi connectivity index (χ1n) is 10.2. The van der Waals surface area contributed by atoms with E-state index >= 15 is 0 Å². The van der Waals surface area contributed by atoms with Crippen molar-refractivity contribution in [2.24, 2.45) is 5.92 Å². The van der Waals surface area contributed by atoms with Crippen LogP contribution < -0.4 is 4.57 Å². The maximum Gasteiger partial charge on any atom is 0.220 e. The van der Waals surface area contributed by atoms with E-state index in [0.29, 0.717) is 0 Å². The highest BCUT2D eigenvalue weighted by molar-refractivity contribution is 6.08. The summed E-state index contributed by atoms with van der Waals surface area (Å²) in [5, 5.41) is 4.02. The molecule has 0 fully saturated rings. The van der Waals surface area contributed by atoms with E-state index in [9.17, 15) is 0 Å². The Morgan fingerprint density at radius 2 is 1.26 bits per heavy atom. The number of benzene rings is 3. The van der Waals surface area contributed by atoms with Gasteiger partial charge in [-0.2, -0.15) is 4.57 Å². The SMILES string of the molecule is CCC(CC)CC[n+]1c(-c2ccccc2)c2ccccc2c2ccccc21. The number of aromatic nitrogens is 1. The molecule has 1 aromatic heterocycles. The number of rotatable bonds is 6. The van der Waals surface area contributed by atoms with Gasteiger partial charge in [0.1, 0.15) is 6.54 Å². The van der Waals surface area contributed by atoms with Crippen LogP contribution in [0.4, 0.5) is 0 Å². The summed E-state index contributed by atoms with van der Waals surface area (Å²) in [6.07, 6.45) is 3.73. The maximum atomic E-state index is 2.56. The molecular weight excluding hydrogens is 326 g/mol. The van der Waals surface area contributed by atoms with Crippen molar-refractivity contribution in [1.82, 2.24) is 0 Å². The topological polar surface area (TPSA) is 3.88 Å². The molecule has 0 N–H and O–H groups in total. The number of hydrogen-bond acceptors (Lipinski definition) is 0. The van der Waals surface area contributed by atoms with Gasteiger partial charge in [-0.3, -0.25) is 0 Å². The number of para-hydroxylation sites is 1. The maximum absolute atomic E-state index is 2.56. The fourth-order valence-corrected chi connectivity index (χ4v) is 4.28. The zero-order chi connectivity index (χ0) is 18.6. The Hall–Kier alpha value is -2.67. The minimum absolute atomic E-state index is 0.784. The first-order chi connectivity index (χ1) is 13.3. The van der Waals surface area contributed by atoms with E-state index in [0.717, 1.165) is 12.5 Å². The molecule has 1 nitrogen and oxygen atoms in total. The Morgan fingerprint density at radius 1 is 0.667 bits per heavy atom. The average Bonchev–Trinajstić information content (AvgIpc) is 2.75. The number of fused-ring (bicyclic) bond motifs is 3. The van der Waals surface area contributed by atoms with Crippen LogP contribution >= 0.6 is 0 Å². The number of aryl methyl sites for hydroxylation is 1. The molecule has 3 aromatic carbocycles. The molecule has 4 rings (SSSR count). The van der Waals surface area contributed by atoms with Gasteiger partial charge >= 0.3 is 0 Å². The minimum Gasteiger partial charge on any atom is -0.191 e. The van der Waals surface area contributed by atoms with E-state index < -0.39 is 0 Å². The quantitative estimate of drug-likeness (QED) is 0.265. The summed E-state index contributed by atoms with van der Waals surface area (Å²) in [6, 6.07) is 28.6. The first kappa shape index (κ1) is 17.7. The molecule has 1 heterocycles. The zero-order valence-corrected chi connectivity index (χ0v) is 16.4. The van der Waals surface area contributed by atoms with E-state index in [1.807, 2.05) is 0 Å². The molecule has 0 unspecified atom stereocenters. The van der Waals surface area contributed by atoms with Gasteiger partial charge in [-0.15, -0.1) is 0 Å². The lowest BCUT2D eigenvalue weighted by Gasteiger charge is -2.15. The van der Waals surface area contributed by atoms with Crippen LogP contribution in [0.1, 0.15) is 33.1 Å². The van der Waals surface area contributed by atoms with Gasteiger partial charge in [0.15, 0.2) is 0 Å². The fraction of sp³-hybridized carbons (Fsp3) is 0.269. The van der Waals surface area contributed by atoms with Gasteiger partial charge in [-0.25, -0.2) is 0 Å². The first-order valence-corrected chi connectivity index (χ1v) is 10.2. The van der Waals surface area contributed by atoms with Crippen molar-refractivity contribution < 1.29 is 4.57 Å². The third-order valence-electron chi connectivity index (χ3n) is 5.90. The lowest BCUT2D eigenvalue weighted by molar-refractivity contribution is -0.660. The van der Waals surface area contributed by atoms with Gasteiger partial charge in [-0.1, -0.05) is 75.2 Å². The smallest absolute Gasteiger partial charge is 0.191 e. The van der Waals surface area contributed by atoms with Crippen LogP contribution in [0.15, 0.2) is 78.9 Å². The van der Waals surface area contributed by atoms with Crippen LogP contribution in [-0.4, -0.2) is 0 Å². The predicted molar refractivity (Wildman–Crippen MR) is 116 cm³/mol. The fourth-order valence-electron chi connectivity index (χ4n) is 4.28. The molecule has 0 aliphatic heterocycles. The van der Waals surface area contributed by atoms with Gasteiger partial charge < -0.3 is 0 Å². The molecule has 1 heteroatoms. The standard InChI is InChI=1S/C26H28N/c1-3-20(4-2)18-19-27-25-17-11-10-15-23(25)22-14-8-9-16-24(22)26(27)21-12-6-5-7-13-21/h5-17,20H,3-4,18-19H2,1-2H3/q+1. The summed E-state index contributed by atoms with van der Waals surface area (Å²) in [4.78, 5) is 0. The Bertz CT molecular complexity index is 1050. The van der Waals surface area contributed by atoms with Crippen LogP contribution in [0.2, 0.25) is 0 Å². The Kier molecular flexibility index (Phi) is 5.20. The molecule has 0 radical (unpaired) electrons. The van der Waals surface area contributed by atoms with Crippen molar-refractivity contribution in [3.05, 3.63) is 78.9 Å². The second-order valence-electron chi connectivity index (χ2n) is 7.40. The molecule has 0 aliphatic carbocycles. The van der Waals surface area contributed by atoms with E-state index in [4.69, 9.17) is 0 Å². The molecule has 0 bridgehead atoms. The number of hydrogen-bond donors (Lipinski definition) is 0. The lowest BCUT2D eigenvalue weighted by atomic mass is 9.96. The summed E-state index contributed by atoms with van der Waals surface area (Å²) in [5.41, 5.74) is 3.97. The molecule has 0 saturated carbocycles. The number of pyridine rings is 1. The van der Waals surface area contributed by atoms with Crippen molar-refractivity contribution in [3.63, 3.8) is 0 Å². The van der Waals surface area contributed by atoms with Gasteiger partial charge in [0.2, 0.25) is 11.2 Å². The molecule has 136 valence electrons. The highest BCUT2D eigenvalue weighted by Gasteiger charge is 2.23.